The molecule has 5 nitrogen and oxygen atoms in total. The van der Waals surface area contributed by atoms with Crippen molar-refractivity contribution < 1.29 is 9.21 Å². The molecule has 0 aliphatic carbocycles. The van der Waals surface area contributed by atoms with E-state index in [1.165, 1.54) is 11.1 Å². The minimum atomic E-state index is -0.298. The van der Waals surface area contributed by atoms with E-state index in [0.717, 1.165) is 16.1 Å². The second-order valence-electron chi connectivity index (χ2n) is 4.46. The Bertz CT molecular complexity index is 754. The van der Waals surface area contributed by atoms with Crippen LogP contribution in [0.4, 0.5) is 5.82 Å². The molecular weight excluding hydrogens is 274 g/mol. The molecule has 0 saturated heterocycles. The summed E-state index contributed by atoms with van der Waals surface area (Å²) in [5.74, 6) is 0.487. The Kier molecular flexibility index (Phi) is 3.15. The van der Waals surface area contributed by atoms with Crippen LogP contribution in [0.15, 0.2) is 34.9 Å². The summed E-state index contributed by atoms with van der Waals surface area (Å²) in [5, 5.41) is 9.72. The SMILES string of the molecule is Cc1ccc(-c2cc(NC(=O)c3occc3C)n[nH]2)s1. The predicted molar refractivity (Wildman–Crippen MR) is 78.0 cm³/mol. The highest BCUT2D eigenvalue weighted by Crippen LogP contribution is 2.27. The Morgan fingerprint density at radius 2 is 2.20 bits per heavy atom. The van der Waals surface area contributed by atoms with E-state index < -0.39 is 0 Å². The molecule has 3 aromatic heterocycles. The number of aryl methyl sites for hydroxylation is 2. The predicted octanol–water partition coefficient (Wildman–Crippen LogP) is 3.60. The Morgan fingerprint density at radius 3 is 2.85 bits per heavy atom. The van der Waals surface area contributed by atoms with Crippen molar-refractivity contribution in [2.24, 2.45) is 0 Å². The number of aromatic amines is 1. The largest absolute Gasteiger partial charge is 0.459 e. The van der Waals surface area contributed by atoms with Gasteiger partial charge in [-0.15, -0.1) is 11.3 Å². The summed E-state index contributed by atoms with van der Waals surface area (Å²) in [5.41, 5.74) is 1.68. The van der Waals surface area contributed by atoms with Crippen LogP contribution in [0.5, 0.6) is 0 Å². The molecule has 3 heterocycles. The van der Waals surface area contributed by atoms with Crippen LogP contribution in [0.2, 0.25) is 0 Å². The maximum Gasteiger partial charge on any atom is 0.292 e. The number of hydrogen-bond donors (Lipinski definition) is 2. The minimum Gasteiger partial charge on any atom is -0.459 e. The molecule has 3 aromatic rings. The first-order valence-electron chi connectivity index (χ1n) is 6.11. The fourth-order valence-corrected chi connectivity index (χ4v) is 2.70. The van der Waals surface area contributed by atoms with Crippen LogP contribution in [0, 0.1) is 13.8 Å². The molecule has 3 rings (SSSR count). The number of nitrogens with one attached hydrogen (secondary N) is 2. The number of thiophene rings is 1. The van der Waals surface area contributed by atoms with Crippen LogP contribution in [0.3, 0.4) is 0 Å². The third-order valence-electron chi connectivity index (χ3n) is 2.89. The van der Waals surface area contributed by atoms with Crippen LogP contribution in [-0.2, 0) is 0 Å². The molecule has 102 valence electrons. The number of H-pyrrole nitrogens is 1. The molecule has 0 radical (unpaired) electrons. The highest BCUT2D eigenvalue weighted by molar-refractivity contribution is 7.15. The van der Waals surface area contributed by atoms with Crippen molar-refractivity contribution >= 4 is 23.1 Å². The Labute approximate surface area is 119 Å². The molecule has 2 N–H and O–H groups in total. The molecule has 0 aromatic carbocycles. The van der Waals surface area contributed by atoms with Crippen LogP contribution in [-0.4, -0.2) is 16.1 Å². The zero-order valence-corrected chi connectivity index (χ0v) is 11.9. The summed E-state index contributed by atoms with van der Waals surface area (Å²) in [6.07, 6.45) is 1.49. The summed E-state index contributed by atoms with van der Waals surface area (Å²) in [6.45, 7) is 3.87. The van der Waals surface area contributed by atoms with Gasteiger partial charge in [0.25, 0.3) is 5.91 Å². The first-order chi connectivity index (χ1) is 9.63. The molecule has 0 atom stereocenters. The fraction of sp³-hybridized carbons (Fsp3) is 0.143. The lowest BCUT2D eigenvalue weighted by Gasteiger charge is -1.98. The minimum absolute atomic E-state index is 0.298. The lowest BCUT2D eigenvalue weighted by atomic mass is 10.2. The summed E-state index contributed by atoms with van der Waals surface area (Å²) in [4.78, 5) is 14.3. The third-order valence-corrected chi connectivity index (χ3v) is 3.93. The fourth-order valence-electron chi connectivity index (χ4n) is 1.87. The van der Waals surface area contributed by atoms with Crippen molar-refractivity contribution in [1.82, 2.24) is 10.2 Å². The summed E-state index contributed by atoms with van der Waals surface area (Å²) >= 11 is 1.67. The molecule has 0 spiro atoms. The van der Waals surface area contributed by atoms with Crippen molar-refractivity contribution in [3.05, 3.63) is 46.7 Å². The molecule has 1 amide bonds. The maximum absolute atomic E-state index is 12.0. The monoisotopic (exact) mass is 287 g/mol. The Morgan fingerprint density at radius 1 is 1.35 bits per heavy atom. The number of rotatable bonds is 3. The van der Waals surface area contributed by atoms with E-state index in [0.29, 0.717) is 11.6 Å². The number of nitrogens with zero attached hydrogens (tertiary/aromatic N) is 1. The van der Waals surface area contributed by atoms with Gasteiger partial charge in [0.2, 0.25) is 0 Å². The third kappa shape index (κ3) is 2.37. The number of carbonyl (C=O) groups is 1. The van der Waals surface area contributed by atoms with Gasteiger partial charge in [0.1, 0.15) is 0 Å². The molecule has 0 fully saturated rings. The van der Waals surface area contributed by atoms with Gasteiger partial charge in [-0.25, -0.2) is 0 Å². The zero-order chi connectivity index (χ0) is 14.1. The Balaban J connectivity index is 1.78. The van der Waals surface area contributed by atoms with E-state index in [-0.39, 0.29) is 5.91 Å². The van der Waals surface area contributed by atoms with Gasteiger partial charge in [-0.1, -0.05) is 0 Å². The van der Waals surface area contributed by atoms with Gasteiger partial charge in [-0.05, 0) is 32.0 Å². The summed E-state index contributed by atoms with van der Waals surface area (Å²) in [7, 11) is 0. The average molecular weight is 287 g/mol. The molecule has 20 heavy (non-hydrogen) atoms. The molecule has 0 aliphatic rings. The number of carbonyl (C=O) groups excluding carboxylic acids is 1. The van der Waals surface area contributed by atoms with Gasteiger partial charge in [-0.3, -0.25) is 9.89 Å². The topological polar surface area (TPSA) is 70.9 Å². The van der Waals surface area contributed by atoms with Gasteiger partial charge >= 0.3 is 0 Å². The average Bonchev–Trinajstić information content (AvgIpc) is 3.10. The van der Waals surface area contributed by atoms with Crippen LogP contribution >= 0.6 is 11.3 Å². The first kappa shape index (κ1) is 12.7. The molecule has 0 saturated carbocycles. The second kappa shape index (κ2) is 4.97. The van der Waals surface area contributed by atoms with E-state index >= 15 is 0 Å². The maximum atomic E-state index is 12.0. The second-order valence-corrected chi connectivity index (χ2v) is 5.75. The molecule has 0 unspecified atom stereocenters. The quantitative estimate of drug-likeness (QED) is 0.773. The van der Waals surface area contributed by atoms with Gasteiger partial charge in [0, 0.05) is 16.5 Å². The van der Waals surface area contributed by atoms with E-state index in [2.05, 4.69) is 15.5 Å². The van der Waals surface area contributed by atoms with Crippen molar-refractivity contribution in [3.8, 4) is 10.6 Å². The standard InChI is InChI=1S/C14H13N3O2S/c1-8-5-6-19-13(8)14(18)15-12-7-10(16-17-12)11-4-3-9(2)20-11/h3-7H,1-2H3,(H2,15,16,17,18). The van der Waals surface area contributed by atoms with Crippen molar-refractivity contribution in [2.75, 3.05) is 5.32 Å². The van der Waals surface area contributed by atoms with Crippen LogP contribution in [0.1, 0.15) is 21.0 Å². The van der Waals surface area contributed by atoms with Gasteiger partial charge in [0.05, 0.1) is 16.8 Å². The molecular formula is C14H13N3O2S. The van der Waals surface area contributed by atoms with E-state index in [4.69, 9.17) is 4.42 Å². The number of furan rings is 1. The van der Waals surface area contributed by atoms with Crippen molar-refractivity contribution in [3.63, 3.8) is 0 Å². The number of anilines is 1. The normalized spacial score (nSPS) is 10.7. The highest BCUT2D eigenvalue weighted by Gasteiger charge is 2.14. The summed E-state index contributed by atoms with van der Waals surface area (Å²) < 4.78 is 5.15. The van der Waals surface area contributed by atoms with Gasteiger partial charge in [0.15, 0.2) is 11.6 Å². The number of hydrogen-bond acceptors (Lipinski definition) is 4. The smallest absolute Gasteiger partial charge is 0.292 e. The van der Waals surface area contributed by atoms with E-state index in [1.807, 2.05) is 26.0 Å². The van der Waals surface area contributed by atoms with Crippen LogP contribution < -0.4 is 5.32 Å². The van der Waals surface area contributed by atoms with Crippen LogP contribution in [0.25, 0.3) is 10.6 Å². The zero-order valence-electron chi connectivity index (χ0n) is 11.1. The van der Waals surface area contributed by atoms with Crippen molar-refractivity contribution in [2.45, 2.75) is 13.8 Å². The lowest BCUT2D eigenvalue weighted by Crippen LogP contribution is -2.12. The van der Waals surface area contributed by atoms with E-state index in [9.17, 15) is 4.79 Å². The van der Waals surface area contributed by atoms with E-state index in [1.54, 1.807) is 23.5 Å². The highest BCUT2D eigenvalue weighted by atomic mass is 32.1. The number of amides is 1. The lowest BCUT2D eigenvalue weighted by molar-refractivity contribution is 0.0995. The van der Waals surface area contributed by atoms with Crippen molar-refractivity contribution in [1.29, 1.82) is 0 Å². The summed E-state index contributed by atoms with van der Waals surface area (Å²) in [6, 6.07) is 7.63. The van der Waals surface area contributed by atoms with Gasteiger partial charge < -0.3 is 9.73 Å². The first-order valence-corrected chi connectivity index (χ1v) is 6.93. The van der Waals surface area contributed by atoms with Gasteiger partial charge in [-0.2, -0.15) is 5.10 Å². The number of aromatic nitrogens is 2. The molecule has 0 bridgehead atoms. The Hall–Kier alpha value is -2.34. The molecule has 6 heteroatoms. The molecule has 0 aliphatic heterocycles.